The number of benzene rings is 2. The predicted molar refractivity (Wildman–Crippen MR) is 90.3 cm³/mol. The fourth-order valence-electron chi connectivity index (χ4n) is 2.13. The summed E-state index contributed by atoms with van der Waals surface area (Å²) in [7, 11) is -3.98. The lowest BCUT2D eigenvalue weighted by molar-refractivity contribution is -0.385. The number of aliphatic hydroxyl groups is 1. The summed E-state index contributed by atoms with van der Waals surface area (Å²) in [6, 6.07) is 10.1. The van der Waals surface area contributed by atoms with Gasteiger partial charge in [-0.25, -0.2) is 8.42 Å². The minimum Gasteiger partial charge on any atom is -0.386 e. The van der Waals surface area contributed by atoms with E-state index < -0.39 is 20.5 Å². The first-order valence-corrected chi connectivity index (χ1v) is 8.60. The molecular formula is C16H18N2O5S. The number of sulfonamides is 1. The van der Waals surface area contributed by atoms with E-state index in [4.69, 9.17) is 0 Å². The molecular weight excluding hydrogens is 332 g/mol. The number of aryl methyl sites for hydroxylation is 1. The van der Waals surface area contributed by atoms with Gasteiger partial charge in [0.05, 0.1) is 15.4 Å². The van der Waals surface area contributed by atoms with Crippen LogP contribution in [-0.2, 0) is 15.6 Å². The maximum atomic E-state index is 12.5. The van der Waals surface area contributed by atoms with Crippen molar-refractivity contribution in [2.45, 2.75) is 31.3 Å². The number of hydrogen-bond acceptors (Lipinski definition) is 5. The highest BCUT2D eigenvalue weighted by atomic mass is 32.2. The van der Waals surface area contributed by atoms with Crippen molar-refractivity contribution in [1.29, 1.82) is 0 Å². The van der Waals surface area contributed by atoms with Gasteiger partial charge in [-0.3, -0.25) is 14.8 Å². The summed E-state index contributed by atoms with van der Waals surface area (Å²) in [5.74, 6) is 0. The molecule has 8 heteroatoms. The van der Waals surface area contributed by atoms with Gasteiger partial charge in [0.2, 0.25) is 0 Å². The van der Waals surface area contributed by atoms with Gasteiger partial charge in [-0.1, -0.05) is 18.2 Å². The molecule has 0 aliphatic rings. The molecule has 0 amide bonds. The minimum absolute atomic E-state index is 0.200. The van der Waals surface area contributed by atoms with Gasteiger partial charge < -0.3 is 5.11 Å². The van der Waals surface area contributed by atoms with E-state index in [-0.39, 0.29) is 16.3 Å². The van der Waals surface area contributed by atoms with Crippen LogP contribution in [-0.4, -0.2) is 18.4 Å². The quantitative estimate of drug-likeness (QED) is 0.636. The Bertz CT molecular complexity index is 886. The van der Waals surface area contributed by atoms with Gasteiger partial charge in [0.15, 0.2) is 0 Å². The molecule has 0 spiro atoms. The highest BCUT2D eigenvalue weighted by molar-refractivity contribution is 7.92. The average molecular weight is 350 g/mol. The highest BCUT2D eigenvalue weighted by Crippen LogP contribution is 2.26. The topological polar surface area (TPSA) is 110 Å². The lowest BCUT2D eigenvalue weighted by atomic mass is 9.98. The Kier molecular flexibility index (Phi) is 4.63. The van der Waals surface area contributed by atoms with Crippen LogP contribution in [0, 0.1) is 17.0 Å². The van der Waals surface area contributed by atoms with Crippen molar-refractivity contribution < 1.29 is 18.4 Å². The largest absolute Gasteiger partial charge is 0.386 e. The van der Waals surface area contributed by atoms with E-state index in [0.717, 1.165) is 6.07 Å². The van der Waals surface area contributed by atoms with Crippen LogP contribution < -0.4 is 4.72 Å². The third-order valence-electron chi connectivity index (χ3n) is 3.51. The lowest BCUT2D eigenvalue weighted by Crippen LogP contribution is -2.17. The molecule has 0 saturated carbocycles. The van der Waals surface area contributed by atoms with Gasteiger partial charge in [0.25, 0.3) is 15.7 Å². The van der Waals surface area contributed by atoms with Crippen LogP contribution in [0.25, 0.3) is 0 Å². The molecule has 7 nitrogen and oxygen atoms in total. The molecule has 0 aliphatic heterocycles. The summed E-state index contributed by atoms with van der Waals surface area (Å²) < 4.78 is 27.3. The molecule has 0 aromatic heterocycles. The van der Waals surface area contributed by atoms with Crippen LogP contribution >= 0.6 is 0 Å². The molecule has 0 atom stereocenters. The fourth-order valence-corrected chi connectivity index (χ4v) is 3.20. The molecule has 0 fully saturated rings. The molecule has 0 aliphatic carbocycles. The third-order valence-corrected chi connectivity index (χ3v) is 4.89. The predicted octanol–water partition coefficient (Wildman–Crippen LogP) is 2.93. The summed E-state index contributed by atoms with van der Waals surface area (Å²) in [6.45, 7) is 4.71. The maximum Gasteiger partial charge on any atom is 0.273 e. The van der Waals surface area contributed by atoms with E-state index >= 15 is 0 Å². The zero-order valence-corrected chi connectivity index (χ0v) is 14.3. The molecule has 2 rings (SSSR count). The lowest BCUT2D eigenvalue weighted by Gasteiger charge is -2.19. The van der Waals surface area contributed by atoms with Crippen molar-refractivity contribution in [3.05, 3.63) is 63.7 Å². The molecule has 2 aromatic rings. The number of nitro benzene ring substituents is 1. The number of nitro groups is 1. The van der Waals surface area contributed by atoms with E-state index in [1.807, 2.05) is 0 Å². The van der Waals surface area contributed by atoms with Crippen LogP contribution in [0.5, 0.6) is 0 Å². The van der Waals surface area contributed by atoms with Crippen LogP contribution in [0.15, 0.2) is 47.4 Å². The number of nitrogens with zero attached hydrogens (tertiary/aromatic N) is 1. The van der Waals surface area contributed by atoms with Gasteiger partial charge in [0.1, 0.15) is 0 Å². The monoisotopic (exact) mass is 350 g/mol. The van der Waals surface area contributed by atoms with E-state index in [1.165, 1.54) is 31.2 Å². The van der Waals surface area contributed by atoms with Gasteiger partial charge in [-0.15, -0.1) is 0 Å². The standard InChI is InChI=1S/C16H18N2O5S/c1-11-7-8-14(10-15(11)18(20)21)24(22,23)17-13-6-4-5-12(9-13)16(2,3)19/h4-10,17,19H,1-3H3. The molecule has 0 heterocycles. The number of rotatable bonds is 5. The summed E-state index contributed by atoms with van der Waals surface area (Å²) in [6.07, 6.45) is 0. The highest BCUT2D eigenvalue weighted by Gasteiger charge is 2.21. The molecule has 128 valence electrons. The van der Waals surface area contributed by atoms with E-state index in [9.17, 15) is 23.6 Å². The van der Waals surface area contributed by atoms with Crippen LogP contribution in [0.2, 0.25) is 0 Å². The molecule has 2 aromatic carbocycles. The molecule has 0 radical (unpaired) electrons. The smallest absolute Gasteiger partial charge is 0.273 e. The van der Waals surface area contributed by atoms with Crippen LogP contribution in [0.4, 0.5) is 11.4 Å². The Hall–Kier alpha value is -2.45. The van der Waals surface area contributed by atoms with E-state index in [1.54, 1.807) is 26.0 Å². The Labute approximate surface area is 140 Å². The maximum absolute atomic E-state index is 12.5. The first-order chi connectivity index (χ1) is 11.0. The van der Waals surface area contributed by atoms with Crippen LogP contribution in [0.3, 0.4) is 0 Å². The van der Waals surface area contributed by atoms with Crippen molar-refractivity contribution in [2.24, 2.45) is 0 Å². The SMILES string of the molecule is Cc1ccc(S(=O)(=O)Nc2cccc(C(C)(C)O)c2)cc1[N+](=O)[O-]. The molecule has 0 bridgehead atoms. The van der Waals surface area contributed by atoms with E-state index in [0.29, 0.717) is 11.1 Å². The summed E-state index contributed by atoms with van der Waals surface area (Å²) in [4.78, 5) is 10.2. The molecule has 2 N–H and O–H groups in total. The summed E-state index contributed by atoms with van der Waals surface area (Å²) in [5.41, 5.74) is -0.203. The zero-order chi connectivity index (χ0) is 18.1. The van der Waals surface area contributed by atoms with Gasteiger partial charge >= 0.3 is 0 Å². The summed E-state index contributed by atoms with van der Waals surface area (Å²) >= 11 is 0. The Morgan fingerprint density at radius 3 is 2.42 bits per heavy atom. The second-order valence-corrected chi connectivity index (χ2v) is 7.63. The first-order valence-electron chi connectivity index (χ1n) is 7.11. The fraction of sp³-hybridized carbons (Fsp3) is 0.250. The van der Waals surface area contributed by atoms with Crippen molar-refractivity contribution >= 4 is 21.4 Å². The van der Waals surface area contributed by atoms with Crippen molar-refractivity contribution in [3.8, 4) is 0 Å². The van der Waals surface area contributed by atoms with Crippen molar-refractivity contribution in [2.75, 3.05) is 4.72 Å². The minimum atomic E-state index is -3.98. The van der Waals surface area contributed by atoms with Gasteiger partial charge in [-0.2, -0.15) is 0 Å². The van der Waals surface area contributed by atoms with Crippen molar-refractivity contribution in [3.63, 3.8) is 0 Å². The second-order valence-electron chi connectivity index (χ2n) is 5.95. The first kappa shape index (κ1) is 17.9. The normalized spacial score (nSPS) is 12.0. The average Bonchev–Trinajstić information content (AvgIpc) is 2.46. The third kappa shape index (κ3) is 3.90. The Balaban J connectivity index is 2.39. The van der Waals surface area contributed by atoms with Crippen molar-refractivity contribution in [1.82, 2.24) is 0 Å². The van der Waals surface area contributed by atoms with Gasteiger partial charge in [0, 0.05) is 17.3 Å². The van der Waals surface area contributed by atoms with E-state index in [2.05, 4.69) is 4.72 Å². The van der Waals surface area contributed by atoms with Crippen LogP contribution in [0.1, 0.15) is 25.0 Å². The summed E-state index contributed by atoms with van der Waals surface area (Å²) in [5, 5.41) is 21.0. The molecule has 0 saturated heterocycles. The number of nitrogens with one attached hydrogen (secondary N) is 1. The molecule has 0 unspecified atom stereocenters. The second kappa shape index (κ2) is 6.21. The Morgan fingerprint density at radius 2 is 1.83 bits per heavy atom. The Morgan fingerprint density at radius 1 is 1.17 bits per heavy atom. The van der Waals surface area contributed by atoms with Gasteiger partial charge in [-0.05, 0) is 44.5 Å². The number of hydrogen-bond donors (Lipinski definition) is 2. The molecule has 24 heavy (non-hydrogen) atoms. The zero-order valence-electron chi connectivity index (χ0n) is 13.5. The number of anilines is 1.